The van der Waals surface area contributed by atoms with Gasteiger partial charge in [0.15, 0.2) is 0 Å². The summed E-state index contributed by atoms with van der Waals surface area (Å²) in [5.41, 5.74) is 1.70. The molecule has 0 atom stereocenters. The van der Waals surface area contributed by atoms with Gasteiger partial charge >= 0.3 is 5.97 Å². The Hall–Kier alpha value is -1.79. The lowest BCUT2D eigenvalue weighted by Crippen LogP contribution is -2.04. The van der Waals surface area contributed by atoms with Crippen molar-refractivity contribution in [1.29, 1.82) is 0 Å². The fourth-order valence-corrected chi connectivity index (χ4v) is 1.12. The van der Waals surface area contributed by atoms with Crippen molar-refractivity contribution in [1.82, 2.24) is 5.32 Å². The second kappa shape index (κ2) is 5.84. The van der Waals surface area contributed by atoms with Gasteiger partial charge in [0.25, 0.3) is 0 Å². The van der Waals surface area contributed by atoms with E-state index in [0.29, 0.717) is 6.54 Å². The Balaban J connectivity index is 2.65. The highest BCUT2D eigenvalue weighted by Gasteiger charge is 1.98. The molecule has 1 aromatic carbocycles. The average molecular weight is 203 g/mol. The Morgan fingerprint density at radius 2 is 2.07 bits per heavy atom. The standard InChI is InChI=1S/C12H13NO2/c1-13-8-2-3-10-4-6-11(7-5-10)9-12(14)15/h4-7,13H,8-9H2,1H3,(H,14,15). The zero-order valence-electron chi connectivity index (χ0n) is 8.58. The second-order valence-corrected chi connectivity index (χ2v) is 3.10. The predicted molar refractivity (Wildman–Crippen MR) is 58.6 cm³/mol. The van der Waals surface area contributed by atoms with Gasteiger partial charge in [0.1, 0.15) is 0 Å². The van der Waals surface area contributed by atoms with Crippen molar-refractivity contribution in [2.45, 2.75) is 6.42 Å². The summed E-state index contributed by atoms with van der Waals surface area (Å²) in [5, 5.41) is 11.5. The van der Waals surface area contributed by atoms with Crippen molar-refractivity contribution < 1.29 is 9.90 Å². The molecule has 0 radical (unpaired) electrons. The molecule has 0 fully saturated rings. The van der Waals surface area contributed by atoms with E-state index in [9.17, 15) is 4.79 Å². The summed E-state index contributed by atoms with van der Waals surface area (Å²) in [4.78, 5) is 10.4. The third-order valence-electron chi connectivity index (χ3n) is 1.81. The second-order valence-electron chi connectivity index (χ2n) is 3.10. The van der Waals surface area contributed by atoms with Gasteiger partial charge in [-0.05, 0) is 24.7 Å². The van der Waals surface area contributed by atoms with Crippen LogP contribution in [0.1, 0.15) is 11.1 Å². The van der Waals surface area contributed by atoms with Gasteiger partial charge in [-0.3, -0.25) is 4.79 Å². The highest BCUT2D eigenvalue weighted by Crippen LogP contribution is 2.03. The Morgan fingerprint density at radius 3 is 2.60 bits per heavy atom. The van der Waals surface area contributed by atoms with Crippen molar-refractivity contribution in [3.63, 3.8) is 0 Å². The number of carbonyl (C=O) groups is 1. The Bertz CT molecular complexity index is 384. The maximum atomic E-state index is 10.4. The lowest BCUT2D eigenvalue weighted by Gasteiger charge is -1.96. The van der Waals surface area contributed by atoms with Gasteiger partial charge in [0.05, 0.1) is 13.0 Å². The molecule has 0 bridgehead atoms. The third kappa shape index (κ3) is 4.30. The topological polar surface area (TPSA) is 49.3 Å². The van der Waals surface area contributed by atoms with E-state index in [1.807, 2.05) is 19.2 Å². The minimum atomic E-state index is -0.816. The van der Waals surface area contributed by atoms with Crippen LogP contribution in [-0.2, 0) is 11.2 Å². The lowest BCUT2D eigenvalue weighted by molar-refractivity contribution is -0.136. The zero-order chi connectivity index (χ0) is 11.1. The van der Waals surface area contributed by atoms with Gasteiger partial charge in [0, 0.05) is 5.56 Å². The number of carboxylic acids is 1. The highest BCUT2D eigenvalue weighted by atomic mass is 16.4. The molecular formula is C12H13NO2. The van der Waals surface area contributed by atoms with Crippen LogP contribution < -0.4 is 5.32 Å². The Kier molecular flexibility index (Phi) is 4.39. The van der Waals surface area contributed by atoms with Crippen LogP contribution in [0.2, 0.25) is 0 Å². The van der Waals surface area contributed by atoms with Crippen LogP contribution >= 0.6 is 0 Å². The molecule has 1 rings (SSSR count). The number of rotatable bonds is 3. The summed E-state index contributed by atoms with van der Waals surface area (Å²) >= 11 is 0. The van der Waals surface area contributed by atoms with Crippen LogP contribution in [0.4, 0.5) is 0 Å². The summed E-state index contributed by atoms with van der Waals surface area (Å²) in [6.07, 6.45) is 0.0597. The van der Waals surface area contributed by atoms with E-state index in [0.717, 1.165) is 11.1 Å². The average Bonchev–Trinajstić information content (AvgIpc) is 2.20. The highest BCUT2D eigenvalue weighted by molar-refractivity contribution is 5.70. The van der Waals surface area contributed by atoms with E-state index >= 15 is 0 Å². The normalized spacial score (nSPS) is 9.13. The van der Waals surface area contributed by atoms with E-state index in [4.69, 9.17) is 5.11 Å². The van der Waals surface area contributed by atoms with Crippen molar-refractivity contribution in [2.75, 3.05) is 13.6 Å². The van der Waals surface area contributed by atoms with Gasteiger partial charge in [-0.15, -0.1) is 0 Å². The maximum Gasteiger partial charge on any atom is 0.307 e. The van der Waals surface area contributed by atoms with Crippen molar-refractivity contribution >= 4 is 5.97 Å². The fourth-order valence-electron chi connectivity index (χ4n) is 1.12. The van der Waals surface area contributed by atoms with E-state index in [2.05, 4.69) is 17.2 Å². The number of aliphatic carboxylic acids is 1. The lowest BCUT2D eigenvalue weighted by atomic mass is 10.1. The summed E-state index contributed by atoms with van der Waals surface area (Å²) in [6.45, 7) is 0.650. The van der Waals surface area contributed by atoms with E-state index < -0.39 is 5.97 Å². The monoisotopic (exact) mass is 203 g/mol. The van der Waals surface area contributed by atoms with E-state index in [-0.39, 0.29) is 6.42 Å². The minimum absolute atomic E-state index is 0.0597. The molecule has 0 saturated heterocycles. The summed E-state index contributed by atoms with van der Waals surface area (Å²) in [7, 11) is 1.84. The molecule has 0 spiro atoms. The summed E-state index contributed by atoms with van der Waals surface area (Å²) in [5.74, 6) is 5.08. The zero-order valence-corrected chi connectivity index (χ0v) is 8.58. The molecule has 0 heterocycles. The summed E-state index contributed by atoms with van der Waals surface area (Å²) in [6, 6.07) is 7.25. The first kappa shape index (κ1) is 11.3. The summed E-state index contributed by atoms with van der Waals surface area (Å²) < 4.78 is 0. The molecule has 3 nitrogen and oxygen atoms in total. The Labute approximate surface area is 89.1 Å². The minimum Gasteiger partial charge on any atom is -0.481 e. The van der Waals surface area contributed by atoms with Crippen LogP contribution in [0, 0.1) is 11.8 Å². The van der Waals surface area contributed by atoms with Gasteiger partial charge in [-0.2, -0.15) is 0 Å². The van der Waals surface area contributed by atoms with Gasteiger partial charge < -0.3 is 10.4 Å². The van der Waals surface area contributed by atoms with Crippen LogP contribution in [0.25, 0.3) is 0 Å². The molecule has 0 saturated carbocycles. The largest absolute Gasteiger partial charge is 0.481 e. The fraction of sp³-hybridized carbons (Fsp3) is 0.250. The molecular weight excluding hydrogens is 190 g/mol. The maximum absolute atomic E-state index is 10.4. The number of carboxylic acid groups (broad SMARTS) is 1. The Morgan fingerprint density at radius 1 is 1.40 bits per heavy atom. The molecule has 0 aliphatic heterocycles. The van der Waals surface area contributed by atoms with Crippen molar-refractivity contribution in [3.05, 3.63) is 35.4 Å². The molecule has 0 amide bonds. The van der Waals surface area contributed by atoms with Gasteiger partial charge in [-0.25, -0.2) is 0 Å². The van der Waals surface area contributed by atoms with Gasteiger partial charge in [-0.1, -0.05) is 24.0 Å². The molecule has 1 aromatic rings. The van der Waals surface area contributed by atoms with Crippen LogP contribution in [0.15, 0.2) is 24.3 Å². The molecule has 0 unspecified atom stereocenters. The molecule has 78 valence electrons. The van der Waals surface area contributed by atoms with Gasteiger partial charge in [0.2, 0.25) is 0 Å². The smallest absolute Gasteiger partial charge is 0.307 e. The van der Waals surface area contributed by atoms with Crippen LogP contribution in [0.5, 0.6) is 0 Å². The molecule has 2 N–H and O–H groups in total. The SMILES string of the molecule is CNCC#Cc1ccc(CC(=O)O)cc1. The quantitative estimate of drug-likeness (QED) is 0.717. The van der Waals surface area contributed by atoms with Crippen molar-refractivity contribution in [2.24, 2.45) is 0 Å². The molecule has 0 aromatic heterocycles. The number of hydrogen-bond donors (Lipinski definition) is 2. The van der Waals surface area contributed by atoms with E-state index in [1.54, 1.807) is 12.1 Å². The molecule has 0 aliphatic carbocycles. The number of hydrogen-bond acceptors (Lipinski definition) is 2. The molecule has 3 heteroatoms. The first-order valence-corrected chi connectivity index (χ1v) is 4.66. The predicted octanol–water partition coefficient (Wildman–Crippen LogP) is 0.885. The first-order chi connectivity index (χ1) is 7.22. The van der Waals surface area contributed by atoms with Crippen LogP contribution in [0.3, 0.4) is 0 Å². The van der Waals surface area contributed by atoms with Crippen LogP contribution in [-0.4, -0.2) is 24.7 Å². The van der Waals surface area contributed by atoms with E-state index in [1.165, 1.54) is 0 Å². The number of nitrogens with one attached hydrogen (secondary N) is 1. The third-order valence-corrected chi connectivity index (χ3v) is 1.81. The number of benzene rings is 1. The molecule has 15 heavy (non-hydrogen) atoms. The van der Waals surface area contributed by atoms with Crippen molar-refractivity contribution in [3.8, 4) is 11.8 Å². The molecule has 0 aliphatic rings. The first-order valence-electron chi connectivity index (χ1n) is 4.66.